The molecule has 1 aliphatic heterocycles. The van der Waals surface area contributed by atoms with Crippen molar-refractivity contribution in [2.75, 3.05) is 31.6 Å². The first-order chi connectivity index (χ1) is 9.15. The third kappa shape index (κ3) is 3.50. The van der Waals surface area contributed by atoms with Gasteiger partial charge in [-0.2, -0.15) is 0 Å². The van der Waals surface area contributed by atoms with E-state index in [9.17, 15) is 0 Å². The summed E-state index contributed by atoms with van der Waals surface area (Å²) in [5, 5.41) is 0. The molecular weight excluding hydrogens is 302 g/mol. The molecule has 2 rings (SSSR count). The van der Waals surface area contributed by atoms with Crippen LogP contribution in [0.5, 0.6) is 0 Å². The number of benzene rings is 1. The Bertz CT molecular complexity index is 422. The fraction of sp³-hybridized carbons (Fsp3) is 0.600. The van der Waals surface area contributed by atoms with E-state index < -0.39 is 0 Å². The average molecular weight is 326 g/mol. The molecule has 1 saturated heterocycles. The number of hydrogen-bond acceptors (Lipinski definition) is 3. The van der Waals surface area contributed by atoms with E-state index >= 15 is 0 Å². The van der Waals surface area contributed by atoms with Gasteiger partial charge in [0.1, 0.15) is 0 Å². The third-order valence-electron chi connectivity index (χ3n) is 4.07. The number of anilines is 1. The van der Waals surface area contributed by atoms with Gasteiger partial charge in [0.05, 0.1) is 0 Å². The number of nitrogens with two attached hydrogens (primary N) is 1. The number of rotatable bonds is 5. The summed E-state index contributed by atoms with van der Waals surface area (Å²) >= 11 is 3.55. The maximum Gasteiger partial charge on any atom is 0.0421 e. The van der Waals surface area contributed by atoms with Crippen LogP contribution in [0, 0.1) is 0 Å². The van der Waals surface area contributed by atoms with Crippen molar-refractivity contribution in [3.05, 3.63) is 28.2 Å². The molecule has 1 fully saturated rings. The van der Waals surface area contributed by atoms with E-state index in [0.29, 0.717) is 12.6 Å². The Kier molecular flexibility index (Phi) is 5.25. The molecule has 1 aliphatic rings. The van der Waals surface area contributed by atoms with Gasteiger partial charge in [0.25, 0.3) is 0 Å². The molecule has 0 amide bonds. The highest BCUT2D eigenvalue weighted by Gasteiger charge is 2.24. The van der Waals surface area contributed by atoms with Crippen molar-refractivity contribution in [3.63, 3.8) is 0 Å². The highest BCUT2D eigenvalue weighted by atomic mass is 79.9. The van der Waals surface area contributed by atoms with Gasteiger partial charge in [0.2, 0.25) is 0 Å². The molecule has 0 aromatic heterocycles. The highest BCUT2D eigenvalue weighted by molar-refractivity contribution is 9.10. The summed E-state index contributed by atoms with van der Waals surface area (Å²) in [5.74, 6) is 0. The van der Waals surface area contributed by atoms with E-state index in [0.717, 1.165) is 17.6 Å². The molecular formula is C15H24BrN3. The van der Waals surface area contributed by atoms with Gasteiger partial charge in [0, 0.05) is 36.3 Å². The second kappa shape index (κ2) is 6.73. The Morgan fingerprint density at radius 3 is 2.95 bits per heavy atom. The fourth-order valence-electron chi connectivity index (χ4n) is 3.00. The zero-order valence-electron chi connectivity index (χ0n) is 11.9. The Balaban J connectivity index is 2.11. The Morgan fingerprint density at radius 2 is 2.26 bits per heavy atom. The van der Waals surface area contributed by atoms with Gasteiger partial charge in [0.15, 0.2) is 0 Å². The SMILES string of the molecule is CCN1CCCC1CN(C)c1cc(Br)ccc1CN. The summed E-state index contributed by atoms with van der Waals surface area (Å²) in [6.45, 7) is 6.33. The lowest BCUT2D eigenvalue weighted by Crippen LogP contribution is -2.39. The van der Waals surface area contributed by atoms with E-state index in [1.54, 1.807) is 0 Å². The summed E-state index contributed by atoms with van der Waals surface area (Å²) in [6.07, 6.45) is 2.64. The zero-order valence-corrected chi connectivity index (χ0v) is 13.5. The largest absolute Gasteiger partial charge is 0.373 e. The minimum absolute atomic E-state index is 0.592. The fourth-order valence-corrected chi connectivity index (χ4v) is 3.35. The number of halogens is 1. The van der Waals surface area contributed by atoms with Gasteiger partial charge in [-0.1, -0.05) is 28.9 Å². The standard InChI is InChI=1S/C15H24BrN3/c1-3-19-8-4-5-14(19)11-18(2)15-9-13(16)7-6-12(15)10-17/h6-7,9,14H,3-5,8,10-11,17H2,1-2H3. The molecule has 1 aromatic rings. The predicted molar refractivity (Wildman–Crippen MR) is 85.6 cm³/mol. The molecule has 1 atom stereocenters. The topological polar surface area (TPSA) is 32.5 Å². The van der Waals surface area contributed by atoms with Crippen LogP contribution in [-0.2, 0) is 6.54 Å². The summed E-state index contributed by atoms with van der Waals surface area (Å²) < 4.78 is 1.12. The van der Waals surface area contributed by atoms with E-state index in [1.807, 2.05) is 0 Å². The molecule has 1 heterocycles. The second-order valence-electron chi connectivity index (χ2n) is 5.28. The molecule has 0 spiro atoms. The quantitative estimate of drug-likeness (QED) is 0.903. The molecule has 19 heavy (non-hydrogen) atoms. The molecule has 3 nitrogen and oxygen atoms in total. The predicted octanol–water partition coefficient (Wildman–Crippen LogP) is 2.83. The van der Waals surface area contributed by atoms with Gasteiger partial charge >= 0.3 is 0 Å². The van der Waals surface area contributed by atoms with Crippen molar-refractivity contribution in [2.45, 2.75) is 32.4 Å². The van der Waals surface area contributed by atoms with Crippen LogP contribution < -0.4 is 10.6 Å². The molecule has 2 N–H and O–H groups in total. The van der Waals surface area contributed by atoms with Crippen LogP contribution in [0.3, 0.4) is 0 Å². The van der Waals surface area contributed by atoms with Crippen LogP contribution in [-0.4, -0.2) is 37.6 Å². The van der Waals surface area contributed by atoms with Gasteiger partial charge < -0.3 is 10.6 Å². The van der Waals surface area contributed by atoms with Crippen molar-refractivity contribution < 1.29 is 0 Å². The molecule has 0 bridgehead atoms. The van der Waals surface area contributed by atoms with Gasteiger partial charge in [-0.25, -0.2) is 0 Å². The average Bonchev–Trinajstić information content (AvgIpc) is 2.85. The van der Waals surface area contributed by atoms with Crippen LogP contribution in [0.4, 0.5) is 5.69 Å². The first-order valence-electron chi connectivity index (χ1n) is 7.09. The van der Waals surface area contributed by atoms with Crippen LogP contribution in [0.15, 0.2) is 22.7 Å². The van der Waals surface area contributed by atoms with E-state index in [4.69, 9.17) is 5.73 Å². The smallest absolute Gasteiger partial charge is 0.0421 e. The monoisotopic (exact) mass is 325 g/mol. The maximum absolute atomic E-state index is 5.85. The number of nitrogens with zero attached hydrogens (tertiary/aromatic N) is 2. The molecule has 1 unspecified atom stereocenters. The molecule has 0 saturated carbocycles. The lowest BCUT2D eigenvalue weighted by atomic mass is 10.1. The van der Waals surface area contributed by atoms with Crippen LogP contribution >= 0.6 is 15.9 Å². The third-order valence-corrected chi connectivity index (χ3v) is 4.56. The molecule has 106 valence electrons. The first-order valence-corrected chi connectivity index (χ1v) is 7.88. The van der Waals surface area contributed by atoms with Crippen molar-refractivity contribution in [2.24, 2.45) is 5.73 Å². The number of hydrogen-bond donors (Lipinski definition) is 1. The summed E-state index contributed by atoms with van der Waals surface area (Å²) in [7, 11) is 2.17. The molecule has 0 aliphatic carbocycles. The van der Waals surface area contributed by atoms with Gasteiger partial charge in [-0.05, 0) is 43.6 Å². The van der Waals surface area contributed by atoms with Gasteiger partial charge in [-0.3, -0.25) is 4.90 Å². The lowest BCUT2D eigenvalue weighted by molar-refractivity contribution is 0.270. The van der Waals surface area contributed by atoms with Crippen molar-refractivity contribution in [1.29, 1.82) is 0 Å². The number of likely N-dealkylation sites (tertiary alicyclic amines) is 1. The van der Waals surface area contributed by atoms with Crippen LogP contribution in [0.2, 0.25) is 0 Å². The van der Waals surface area contributed by atoms with E-state index in [1.165, 1.54) is 30.6 Å². The summed E-state index contributed by atoms with van der Waals surface area (Å²) in [6, 6.07) is 7.03. The van der Waals surface area contributed by atoms with Crippen LogP contribution in [0.25, 0.3) is 0 Å². The second-order valence-corrected chi connectivity index (χ2v) is 6.20. The minimum Gasteiger partial charge on any atom is -0.373 e. The Morgan fingerprint density at radius 1 is 1.47 bits per heavy atom. The van der Waals surface area contributed by atoms with Crippen molar-refractivity contribution in [3.8, 4) is 0 Å². The van der Waals surface area contributed by atoms with Crippen molar-refractivity contribution in [1.82, 2.24) is 4.90 Å². The first kappa shape index (κ1) is 14.8. The summed E-state index contributed by atoms with van der Waals surface area (Å²) in [5.41, 5.74) is 8.31. The molecule has 4 heteroatoms. The highest BCUT2D eigenvalue weighted by Crippen LogP contribution is 2.26. The van der Waals surface area contributed by atoms with Gasteiger partial charge in [-0.15, -0.1) is 0 Å². The normalized spacial score (nSPS) is 19.9. The Labute approximate surface area is 124 Å². The van der Waals surface area contributed by atoms with E-state index in [-0.39, 0.29) is 0 Å². The molecule has 1 aromatic carbocycles. The summed E-state index contributed by atoms with van der Waals surface area (Å²) in [4.78, 5) is 4.93. The zero-order chi connectivity index (χ0) is 13.8. The lowest BCUT2D eigenvalue weighted by Gasteiger charge is -2.30. The maximum atomic E-state index is 5.85. The Hall–Kier alpha value is -0.580. The number of likely N-dealkylation sites (N-methyl/N-ethyl adjacent to an activating group) is 2. The minimum atomic E-state index is 0.592. The van der Waals surface area contributed by atoms with Crippen molar-refractivity contribution >= 4 is 21.6 Å². The molecule has 0 radical (unpaired) electrons. The van der Waals surface area contributed by atoms with E-state index in [2.05, 4.69) is 57.9 Å². The van der Waals surface area contributed by atoms with Crippen LogP contribution in [0.1, 0.15) is 25.3 Å².